The van der Waals surface area contributed by atoms with Gasteiger partial charge in [0, 0.05) is 39.3 Å². The number of rotatable bonds is 48. The molecule has 13 heteroatoms. The summed E-state index contributed by atoms with van der Waals surface area (Å²) in [5, 5.41) is 3.37. The van der Waals surface area contributed by atoms with Gasteiger partial charge in [-0.15, -0.1) is 0 Å². The minimum Gasteiger partial charge on any atom is -0.379 e. The number of primary amides is 1. The van der Waals surface area contributed by atoms with E-state index < -0.39 is 5.91 Å². The summed E-state index contributed by atoms with van der Waals surface area (Å²) in [4.78, 5) is 79.0. The number of carbonyl (C=O) groups excluding carboxylic acids is 5. The van der Waals surface area contributed by atoms with Crippen molar-refractivity contribution in [2.24, 2.45) is 17.6 Å². The van der Waals surface area contributed by atoms with Gasteiger partial charge in [-0.3, -0.25) is 28.9 Å². The van der Waals surface area contributed by atoms with Crippen LogP contribution in [0.2, 0.25) is 0 Å². The Morgan fingerprint density at radius 3 is 1.26 bits per heavy atom. The topological polar surface area (TPSA) is 149 Å². The molecule has 0 saturated carbocycles. The van der Waals surface area contributed by atoms with Crippen LogP contribution in [0.5, 0.6) is 0 Å². The van der Waals surface area contributed by atoms with Crippen LogP contribution < -0.4 is 11.1 Å². The number of carbonyl (C=O) groups is 5. The fourth-order valence-electron chi connectivity index (χ4n) is 9.67. The number of unbranched alkanes of at least 4 members (excludes halogenated alkanes) is 20. The van der Waals surface area contributed by atoms with Crippen LogP contribution in [0, 0.1) is 11.8 Å². The van der Waals surface area contributed by atoms with Crippen molar-refractivity contribution in [3.8, 4) is 0 Å². The van der Waals surface area contributed by atoms with E-state index in [4.69, 9.17) is 10.5 Å². The molecule has 1 saturated heterocycles. The van der Waals surface area contributed by atoms with Gasteiger partial charge in [0.05, 0.1) is 45.9 Å². The minimum atomic E-state index is -0.569. The summed E-state index contributed by atoms with van der Waals surface area (Å²) in [6.45, 7) is 19.4. The zero-order valence-electron chi connectivity index (χ0n) is 46.5. The molecule has 0 aromatic heterocycles. The normalized spacial score (nSPS) is 13.8. The van der Waals surface area contributed by atoms with Crippen molar-refractivity contribution in [1.29, 1.82) is 0 Å². The van der Waals surface area contributed by atoms with E-state index in [-0.39, 0.29) is 68.2 Å². The van der Waals surface area contributed by atoms with E-state index in [1.165, 1.54) is 83.5 Å². The second kappa shape index (κ2) is 44.9. The summed E-state index contributed by atoms with van der Waals surface area (Å²) in [6.07, 6.45) is 32.0. The molecule has 1 aliphatic heterocycles. The molecule has 1 rings (SSSR count). The van der Waals surface area contributed by atoms with Crippen molar-refractivity contribution in [1.82, 2.24) is 29.8 Å². The molecular formula is C57H111N7O6. The highest BCUT2D eigenvalue weighted by atomic mass is 16.5. The Morgan fingerprint density at radius 2 is 0.843 bits per heavy atom. The molecule has 1 aliphatic rings. The standard InChI is InChI=1S/C57H111N7O6/c1-7-13-17-19-21-23-25-27-29-31-38-61(54(66)44-59-36-33-37-60-40-42-70-43-41-60)48-57(69)64(46-52(12-6)35-16-10-4)50-55(67)62(39-32-30-28-26-24-22-20-18-14-8-2)49-56(68)63(47-53(58)65)45-51(11-5)34-15-9-3/h51-52,59H,7-50H2,1-6H3,(H2,58,65). The molecule has 0 aromatic carbocycles. The molecule has 0 aromatic rings. The lowest BCUT2D eigenvalue weighted by Crippen LogP contribution is -2.52. The van der Waals surface area contributed by atoms with E-state index in [9.17, 15) is 24.0 Å². The van der Waals surface area contributed by atoms with E-state index in [2.05, 4.69) is 51.8 Å². The van der Waals surface area contributed by atoms with Crippen LogP contribution in [0.25, 0.3) is 0 Å². The van der Waals surface area contributed by atoms with Crippen LogP contribution in [0.3, 0.4) is 0 Å². The van der Waals surface area contributed by atoms with E-state index in [0.717, 1.165) is 136 Å². The molecule has 1 fully saturated rings. The molecule has 5 amide bonds. The Balaban J connectivity index is 3.32. The summed E-state index contributed by atoms with van der Waals surface area (Å²) >= 11 is 0. The summed E-state index contributed by atoms with van der Waals surface area (Å²) in [5.41, 5.74) is 5.71. The summed E-state index contributed by atoms with van der Waals surface area (Å²) in [5.74, 6) is -1.01. The monoisotopic (exact) mass is 990 g/mol. The lowest BCUT2D eigenvalue weighted by molar-refractivity contribution is -0.147. The van der Waals surface area contributed by atoms with Gasteiger partial charge >= 0.3 is 0 Å². The van der Waals surface area contributed by atoms with Crippen LogP contribution in [-0.4, -0.2) is 152 Å². The molecule has 0 spiro atoms. The fourth-order valence-corrected chi connectivity index (χ4v) is 9.67. The highest BCUT2D eigenvalue weighted by Gasteiger charge is 2.29. The number of nitrogens with one attached hydrogen (secondary N) is 1. The second-order valence-corrected chi connectivity index (χ2v) is 20.8. The van der Waals surface area contributed by atoms with Gasteiger partial charge in [0.2, 0.25) is 29.5 Å². The molecule has 2 unspecified atom stereocenters. The molecule has 2 atom stereocenters. The first-order chi connectivity index (χ1) is 34.0. The first-order valence-corrected chi connectivity index (χ1v) is 29.4. The van der Waals surface area contributed by atoms with Gasteiger partial charge in [0.25, 0.3) is 0 Å². The maximum atomic E-state index is 14.7. The van der Waals surface area contributed by atoms with E-state index in [1.807, 2.05) is 0 Å². The Bertz CT molecular complexity index is 1320. The number of nitrogens with zero attached hydrogens (tertiary/aromatic N) is 5. The summed E-state index contributed by atoms with van der Waals surface area (Å²) in [7, 11) is 0. The van der Waals surface area contributed by atoms with Gasteiger partial charge in [-0.2, -0.15) is 0 Å². The Labute approximate surface area is 430 Å². The Kier molecular flexibility index (Phi) is 41.8. The molecular weight excluding hydrogens is 879 g/mol. The molecule has 70 heavy (non-hydrogen) atoms. The average Bonchev–Trinajstić information content (AvgIpc) is 3.35. The Morgan fingerprint density at radius 1 is 0.471 bits per heavy atom. The predicted octanol–water partition coefficient (Wildman–Crippen LogP) is 10.4. The van der Waals surface area contributed by atoms with Crippen LogP contribution >= 0.6 is 0 Å². The molecule has 0 radical (unpaired) electrons. The largest absolute Gasteiger partial charge is 0.379 e. The first kappa shape index (κ1) is 65.2. The lowest BCUT2D eigenvalue weighted by atomic mass is 9.98. The van der Waals surface area contributed by atoms with Gasteiger partial charge in [-0.05, 0) is 57.0 Å². The molecule has 410 valence electrons. The third-order valence-electron chi connectivity index (χ3n) is 14.6. The van der Waals surface area contributed by atoms with Crippen molar-refractivity contribution < 1.29 is 28.7 Å². The molecule has 0 aliphatic carbocycles. The zero-order chi connectivity index (χ0) is 51.5. The predicted molar refractivity (Wildman–Crippen MR) is 291 cm³/mol. The van der Waals surface area contributed by atoms with Crippen LogP contribution in [0.4, 0.5) is 0 Å². The van der Waals surface area contributed by atoms with E-state index in [1.54, 1.807) is 19.6 Å². The average molecular weight is 991 g/mol. The van der Waals surface area contributed by atoms with Crippen molar-refractivity contribution in [2.75, 3.05) is 98.3 Å². The lowest BCUT2D eigenvalue weighted by Gasteiger charge is -2.33. The Hall–Kier alpha value is -2.77. The van der Waals surface area contributed by atoms with Crippen molar-refractivity contribution in [2.45, 2.75) is 228 Å². The van der Waals surface area contributed by atoms with Gasteiger partial charge in [-0.25, -0.2) is 0 Å². The molecule has 1 heterocycles. The van der Waals surface area contributed by atoms with Crippen LogP contribution in [0.1, 0.15) is 228 Å². The van der Waals surface area contributed by atoms with Crippen LogP contribution in [-0.2, 0) is 28.7 Å². The third-order valence-corrected chi connectivity index (χ3v) is 14.6. The van der Waals surface area contributed by atoms with Crippen molar-refractivity contribution in [3.05, 3.63) is 0 Å². The number of hydrogen-bond donors (Lipinski definition) is 2. The van der Waals surface area contributed by atoms with Gasteiger partial charge < -0.3 is 35.4 Å². The van der Waals surface area contributed by atoms with E-state index >= 15 is 0 Å². The SMILES string of the molecule is CCCCCCCCCCCCN(CC(=O)N(CC(=O)N(CCCCCCCCCCCC)CC(=O)N(CC(N)=O)CC(CC)CCCC)CC(CC)CCCC)C(=O)CNCCCN1CCOCC1. The quantitative estimate of drug-likeness (QED) is 0.0573. The smallest absolute Gasteiger partial charge is 0.242 e. The van der Waals surface area contributed by atoms with E-state index in [0.29, 0.717) is 32.7 Å². The highest BCUT2D eigenvalue weighted by Crippen LogP contribution is 2.19. The fraction of sp³-hybridized carbons (Fsp3) is 0.912. The van der Waals surface area contributed by atoms with Crippen molar-refractivity contribution in [3.63, 3.8) is 0 Å². The molecule has 0 bridgehead atoms. The maximum absolute atomic E-state index is 14.7. The third kappa shape index (κ3) is 33.8. The number of amides is 5. The number of morpholine rings is 1. The van der Waals surface area contributed by atoms with Crippen molar-refractivity contribution >= 4 is 29.5 Å². The maximum Gasteiger partial charge on any atom is 0.242 e. The number of hydrogen-bond acceptors (Lipinski definition) is 8. The minimum absolute atomic E-state index is 0.0802. The summed E-state index contributed by atoms with van der Waals surface area (Å²) in [6, 6.07) is 0. The highest BCUT2D eigenvalue weighted by molar-refractivity contribution is 5.91. The van der Waals surface area contributed by atoms with Gasteiger partial charge in [0.1, 0.15) is 0 Å². The zero-order valence-corrected chi connectivity index (χ0v) is 46.5. The molecule has 13 nitrogen and oxygen atoms in total. The van der Waals surface area contributed by atoms with Gasteiger partial charge in [0.15, 0.2) is 0 Å². The number of ether oxygens (including phenoxy) is 1. The van der Waals surface area contributed by atoms with Crippen LogP contribution in [0.15, 0.2) is 0 Å². The first-order valence-electron chi connectivity index (χ1n) is 29.4. The molecule has 3 N–H and O–H groups in total. The summed E-state index contributed by atoms with van der Waals surface area (Å²) < 4.78 is 5.50. The second-order valence-electron chi connectivity index (χ2n) is 20.8. The van der Waals surface area contributed by atoms with Gasteiger partial charge in [-0.1, -0.05) is 196 Å². The number of nitrogens with two attached hydrogens (primary N) is 1.